The fourth-order valence-electron chi connectivity index (χ4n) is 3.40. The van der Waals surface area contributed by atoms with Crippen LogP contribution in [0.15, 0.2) is 24.3 Å². The third-order valence-electron chi connectivity index (χ3n) is 4.66. The van der Waals surface area contributed by atoms with Crippen LogP contribution in [0.5, 0.6) is 5.75 Å². The minimum atomic E-state index is -0.945. The maximum absolute atomic E-state index is 11.8. The number of aromatic nitrogens is 2. The first-order valence-corrected chi connectivity index (χ1v) is 8.16. The number of fused-ring (bicyclic) bond motifs is 3. The summed E-state index contributed by atoms with van der Waals surface area (Å²) in [7, 11) is 1.61. The number of rotatable bonds is 3. The van der Waals surface area contributed by atoms with Gasteiger partial charge in [0, 0.05) is 24.5 Å². The number of hydrogen-bond acceptors (Lipinski definition) is 4. The highest BCUT2D eigenvalue weighted by Crippen LogP contribution is 2.32. The lowest BCUT2D eigenvalue weighted by atomic mass is 10.1. The molecule has 124 valence electrons. The molecule has 0 spiro atoms. The fraction of sp³-hybridized carbons (Fsp3) is 0.333. The zero-order chi connectivity index (χ0) is 16.7. The average molecular weight is 325 g/mol. The molecule has 3 heterocycles. The number of carboxylic acid groups (broad SMARTS) is 1. The Balaban J connectivity index is 1.96. The number of piperidine rings is 1. The normalized spacial score (nSPS) is 15.1. The van der Waals surface area contributed by atoms with Crippen LogP contribution in [0, 0.1) is 0 Å². The Kier molecular flexibility index (Phi) is 3.52. The molecule has 2 N–H and O–H groups in total. The van der Waals surface area contributed by atoms with E-state index < -0.39 is 5.97 Å². The molecule has 3 aromatic rings. The van der Waals surface area contributed by atoms with E-state index in [0.29, 0.717) is 11.0 Å². The van der Waals surface area contributed by atoms with Crippen molar-refractivity contribution in [2.45, 2.75) is 19.3 Å². The summed E-state index contributed by atoms with van der Waals surface area (Å²) in [5.74, 6) is 0.526. The van der Waals surface area contributed by atoms with Crippen molar-refractivity contribution in [3.05, 3.63) is 29.8 Å². The Bertz CT molecular complexity index is 926. The molecule has 1 aromatic carbocycles. The molecule has 0 aliphatic carbocycles. The number of carboxylic acids is 1. The zero-order valence-electron chi connectivity index (χ0n) is 13.5. The van der Waals surface area contributed by atoms with E-state index in [0.717, 1.165) is 48.4 Å². The van der Waals surface area contributed by atoms with E-state index in [1.807, 2.05) is 18.2 Å². The summed E-state index contributed by atoms with van der Waals surface area (Å²) in [5.41, 5.74) is 2.35. The van der Waals surface area contributed by atoms with E-state index >= 15 is 0 Å². The molecule has 0 radical (unpaired) electrons. The number of aromatic amines is 1. The van der Waals surface area contributed by atoms with Crippen LogP contribution in [0.2, 0.25) is 0 Å². The molecule has 0 bridgehead atoms. The van der Waals surface area contributed by atoms with Crippen molar-refractivity contribution in [1.29, 1.82) is 0 Å². The number of pyridine rings is 1. The molecule has 0 unspecified atom stereocenters. The van der Waals surface area contributed by atoms with E-state index in [-0.39, 0.29) is 5.56 Å². The average Bonchev–Trinajstić information content (AvgIpc) is 2.98. The van der Waals surface area contributed by atoms with Gasteiger partial charge in [-0.25, -0.2) is 9.78 Å². The summed E-state index contributed by atoms with van der Waals surface area (Å²) in [6.45, 7) is 1.85. The molecule has 6 nitrogen and oxygen atoms in total. The summed E-state index contributed by atoms with van der Waals surface area (Å²) in [6, 6.07) is 7.34. The smallest absolute Gasteiger partial charge is 0.338 e. The second-order valence-corrected chi connectivity index (χ2v) is 6.14. The molecule has 1 aliphatic heterocycles. The molecule has 0 atom stereocenters. The molecule has 4 rings (SSSR count). The van der Waals surface area contributed by atoms with Gasteiger partial charge in [0.1, 0.15) is 11.6 Å². The minimum Gasteiger partial charge on any atom is -0.497 e. The van der Waals surface area contributed by atoms with Crippen LogP contribution in [0.3, 0.4) is 0 Å². The molecular weight excluding hydrogens is 306 g/mol. The molecule has 0 amide bonds. The molecular formula is C18H19N3O3. The highest BCUT2D eigenvalue weighted by atomic mass is 16.5. The van der Waals surface area contributed by atoms with Crippen molar-refractivity contribution in [2.75, 3.05) is 25.1 Å². The number of nitrogens with zero attached hydrogens (tertiary/aromatic N) is 2. The van der Waals surface area contributed by atoms with Gasteiger partial charge in [-0.05, 0) is 37.5 Å². The lowest BCUT2D eigenvalue weighted by Crippen LogP contribution is -2.30. The van der Waals surface area contributed by atoms with Gasteiger partial charge < -0.3 is 19.7 Å². The van der Waals surface area contributed by atoms with E-state index in [9.17, 15) is 9.90 Å². The van der Waals surface area contributed by atoms with Gasteiger partial charge in [-0.1, -0.05) is 0 Å². The maximum atomic E-state index is 11.8. The van der Waals surface area contributed by atoms with E-state index in [1.165, 1.54) is 6.42 Å². The quantitative estimate of drug-likeness (QED) is 0.771. The van der Waals surface area contributed by atoms with Crippen LogP contribution in [0.25, 0.3) is 21.9 Å². The predicted molar refractivity (Wildman–Crippen MR) is 93.2 cm³/mol. The first-order valence-electron chi connectivity index (χ1n) is 8.16. The van der Waals surface area contributed by atoms with Gasteiger partial charge in [0.15, 0.2) is 0 Å². The zero-order valence-corrected chi connectivity index (χ0v) is 13.5. The lowest BCUT2D eigenvalue weighted by Gasteiger charge is -2.28. The molecule has 0 saturated carbocycles. The number of hydrogen-bond donors (Lipinski definition) is 2. The largest absolute Gasteiger partial charge is 0.497 e. The first-order chi connectivity index (χ1) is 11.7. The van der Waals surface area contributed by atoms with Crippen molar-refractivity contribution >= 4 is 33.7 Å². The van der Waals surface area contributed by atoms with Crippen molar-refractivity contribution < 1.29 is 14.6 Å². The monoisotopic (exact) mass is 325 g/mol. The van der Waals surface area contributed by atoms with Gasteiger partial charge in [0.2, 0.25) is 0 Å². The third-order valence-corrected chi connectivity index (χ3v) is 4.66. The Hall–Kier alpha value is -2.76. The summed E-state index contributed by atoms with van der Waals surface area (Å²) in [6.07, 6.45) is 3.46. The Morgan fingerprint density at radius 3 is 2.75 bits per heavy atom. The number of carbonyl (C=O) groups is 1. The standard InChI is InChI=1S/C18H19N3O3/c1-24-11-5-6-12-14(9-11)19-17-13(18(22)23)10-15(20-16(12)17)21-7-3-2-4-8-21/h5-6,9-10,19H,2-4,7-8H2,1H3,(H,22,23). The van der Waals surface area contributed by atoms with Crippen LogP contribution < -0.4 is 9.64 Å². The molecule has 6 heteroatoms. The number of benzene rings is 1. The van der Waals surface area contributed by atoms with Crippen molar-refractivity contribution in [2.24, 2.45) is 0 Å². The molecule has 24 heavy (non-hydrogen) atoms. The van der Waals surface area contributed by atoms with Gasteiger partial charge in [-0.15, -0.1) is 0 Å². The Labute approximate surface area is 139 Å². The Morgan fingerprint density at radius 1 is 1.25 bits per heavy atom. The molecule has 1 fully saturated rings. The van der Waals surface area contributed by atoms with E-state index in [1.54, 1.807) is 13.2 Å². The van der Waals surface area contributed by atoms with Gasteiger partial charge in [-0.2, -0.15) is 0 Å². The number of H-pyrrole nitrogens is 1. The second-order valence-electron chi connectivity index (χ2n) is 6.14. The number of nitrogens with one attached hydrogen (secondary N) is 1. The second kappa shape index (κ2) is 5.70. The lowest BCUT2D eigenvalue weighted by molar-refractivity contribution is 0.0699. The summed E-state index contributed by atoms with van der Waals surface area (Å²) < 4.78 is 5.25. The van der Waals surface area contributed by atoms with Crippen molar-refractivity contribution in [3.8, 4) is 5.75 Å². The van der Waals surface area contributed by atoms with Crippen molar-refractivity contribution in [3.63, 3.8) is 0 Å². The van der Waals surface area contributed by atoms with Gasteiger partial charge >= 0.3 is 5.97 Å². The molecule has 2 aromatic heterocycles. The maximum Gasteiger partial charge on any atom is 0.338 e. The van der Waals surface area contributed by atoms with Crippen LogP contribution in [0.1, 0.15) is 29.6 Å². The first kappa shape index (κ1) is 14.8. The molecule has 1 aliphatic rings. The van der Waals surface area contributed by atoms with Crippen LogP contribution in [-0.2, 0) is 0 Å². The Morgan fingerprint density at radius 2 is 2.04 bits per heavy atom. The van der Waals surface area contributed by atoms with Crippen LogP contribution >= 0.6 is 0 Å². The minimum absolute atomic E-state index is 0.260. The van der Waals surface area contributed by atoms with Crippen LogP contribution in [-0.4, -0.2) is 41.2 Å². The van der Waals surface area contributed by atoms with Gasteiger partial charge in [0.25, 0.3) is 0 Å². The SMILES string of the molecule is COc1ccc2c(c1)[nH]c1c(C(=O)O)cc(N3CCCCC3)nc12. The van der Waals surface area contributed by atoms with Gasteiger partial charge in [0.05, 0.1) is 29.2 Å². The number of ether oxygens (including phenoxy) is 1. The fourth-order valence-corrected chi connectivity index (χ4v) is 3.40. The highest BCUT2D eigenvalue weighted by Gasteiger charge is 2.20. The molecule has 1 saturated heterocycles. The summed E-state index contributed by atoms with van der Waals surface area (Å²) >= 11 is 0. The van der Waals surface area contributed by atoms with Crippen molar-refractivity contribution in [1.82, 2.24) is 9.97 Å². The van der Waals surface area contributed by atoms with E-state index in [2.05, 4.69) is 9.88 Å². The summed E-state index contributed by atoms with van der Waals surface area (Å²) in [4.78, 5) is 21.9. The number of anilines is 1. The third kappa shape index (κ3) is 2.35. The van der Waals surface area contributed by atoms with E-state index in [4.69, 9.17) is 9.72 Å². The van der Waals surface area contributed by atoms with Crippen LogP contribution in [0.4, 0.5) is 5.82 Å². The number of methoxy groups -OCH3 is 1. The number of aromatic carboxylic acids is 1. The highest BCUT2D eigenvalue weighted by molar-refractivity contribution is 6.12. The summed E-state index contributed by atoms with van der Waals surface area (Å²) in [5, 5.41) is 10.5. The predicted octanol–water partition coefficient (Wildman–Crippen LogP) is 3.41. The van der Waals surface area contributed by atoms with Gasteiger partial charge in [-0.3, -0.25) is 0 Å². The topological polar surface area (TPSA) is 78.5 Å².